The lowest BCUT2D eigenvalue weighted by Crippen LogP contribution is -2.50. The summed E-state index contributed by atoms with van der Waals surface area (Å²) in [5.41, 5.74) is 1.79. The first-order valence-electron chi connectivity index (χ1n) is 10.2. The third kappa shape index (κ3) is 6.27. The molecule has 1 N–H and O–H groups in total. The van der Waals surface area contributed by atoms with E-state index in [-0.39, 0.29) is 23.2 Å². The van der Waals surface area contributed by atoms with E-state index in [4.69, 9.17) is 0 Å². The number of rotatable bonds is 9. The van der Waals surface area contributed by atoms with Gasteiger partial charge in [-0.2, -0.15) is 0 Å². The van der Waals surface area contributed by atoms with Crippen molar-refractivity contribution in [1.29, 1.82) is 0 Å². The first kappa shape index (κ1) is 21.8. The van der Waals surface area contributed by atoms with Crippen LogP contribution in [-0.2, 0) is 4.79 Å². The Bertz CT molecular complexity index is 615. The topological polar surface area (TPSA) is 49.4 Å². The van der Waals surface area contributed by atoms with Crippen LogP contribution in [0, 0.1) is 12.8 Å². The van der Waals surface area contributed by atoms with Gasteiger partial charge in [0.25, 0.3) is 5.91 Å². The van der Waals surface area contributed by atoms with Crippen molar-refractivity contribution in [2.75, 3.05) is 12.3 Å². The number of carbonyl (C=O) groups excluding carboxylic acids is 2. The van der Waals surface area contributed by atoms with Gasteiger partial charge < -0.3 is 10.2 Å². The third-order valence-electron chi connectivity index (χ3n) is 4.93. The summed E-state index contributed by atoms with van der Waals surface area (Å²) in [6.07, 6.45) is 5.42. The number of carbonyl (C=O) groups is 2. The summed E-state index contributed by atoms with van der Waals surface area (Å²) >= 11 is 1.73. The molecule has 4 nitrogen and oxygen atoms in total. The van der Waals surface area contributed by atoms with Crippen LogP contribution in [0.1, 0.15) is 68.8 Å². The highest BCUT2D eigenvalue weighted by atomic mass is 32.2. The fourth-order valence-electron chi connectivity index (χ4n) is 3.35. The average Bonchev–Trinajstić information content (AvgIpc) is 3.04. The minimum atomic E-state index is -0.376. The summed E-state index contributed by atoms with van der Waals surface area (Å²) in [5.74, 6) is 1.12. The molecule has 1 fully saturated rings. The number of benzene rings is 1. The van der Waals surface area contributed by atoms with Crippen molar-refractivity contribution < 1.29 is 9.59 Å². The second kappa shape index (κ2) is 10.7. The molecule has 1 aromatic carbocycles. The van der Waals surface area contributed by atoms with Crippen molar-refractivity contribution in [3.63, 3.8) is 0 Å². The SMILES string of the molecule is CCCCCCNC(=O)[C@H]1CS[C@@H](CC(C)C)N1C(=O)c1ccc(C)cc1. The van der Waals surface area contributed by atoms with Gasteiger partial charge in [0.15, 0.2) is 0 Å². The van der Waals surface area contributed by atoms with Crippen molar-refractivity contribution in [1.82, 2.24) is 10.2 Å². The molecular formula is C22H34N2O2S. The maximum Gasteiger partial charge on any atom is 0.255 e. The number of unbranched alkanes of at least 4 members (excludes halogenated alkanes) is 3. The van der Waals surface area contributed by atoms with E-state index in [9.17, 15) is 9.59 Å². The minimum absolute atomic E-state index is 0.00860. The van der Waals surface area contributed by atoms with Gasteiger partial charge in [0.2, 0.25) is 5.91 Å². The molecule has 0 bridgehead atoms. The average molecular weight is 391 g/mol. The summed E-state index contributed by atoms with van der Waals surface area (Å²) in [6, 6.07) is 7.27. The molecule has 150 valence electrons. The number of thioether (sulfide) groups is 1. The predicted octanol–water partition coefficient (Wildman–Crippen LogP) is 4.62. The number of aryl methyl sites for hydroxylation is 1. The van der Waals surface area contributed by atoms with E-state index in [0.717, 1.165) is 24.8 Å². The Kier molecular flexibility index (Phi) is 8.68. The lowest BCUT2D eigenvalue weighted by molar-refractivity contribution is -0.124. The Balaban J connectivity index is 2.08. The zero-order valence-corrected chi connectivity index (χ0v) is 18.0. The van der Waals surface area contributed by atoms with Crippen LogP contribution in [0.25, 0.3) is 0 Å². The van der Waals surface area contributed by atoms with E-state index in [0.29, 0.717) is 23.8 Å². The molecule has 0 aromatic heterocycles. The maximum absolute atomic E-state index is 13.2. The molecule has 0 unspecified atom stereocenters. The molecular weight excluding hydrogens is 356 g/mol. The molecule has 0 radical (unpaired) electrons. The summed E-state index contributed by atoms with van der Waals surface area (Å²) in [5, 5.41) is 3.12. The lowest BCUT2D eigenvalue weighted by Gasteiger charge is -2.30. The summed E-state index contributed by atoms with van der Waals surface area (Å²) in [4.78, 5) is 27.8. The normalized spacial score (nSPS) is 19.5. The first-order valence-corrected chi connectivity index (χ1v) is 11.3. The van der Waals surface area contributed by atoms with Crippen molar-refractivity contribution in [3.8, 4) is 0 Å². The van der Waals surface area contributed by atoms with Crippen molar-refractivity contribution in [2.24, 2.45) is 5.92 Å². The fourth-order valence-corrected chi connectivity index (χ4v) is 4.99. The van der Waals surface area contributed by atoms with Crippen molar-refractivity contribution in [3.05, 3.63) is 35.4 Å². The second-order valence-corrected chi connectivity index (χ2v) is 9.07. The molecule has 2 rings (SSSR count). The number of hydrogen-bond acceptors (Lipinski definition) is 3. The zero-order valence-electron chi connectivity index (χ0n) is 17.2. The molecule has 5 heteroatoms. The standard InChI is InChI=1S/C22H34N2O2S/c1-5-6-7-8-13-23-21(25)19-15-27-20(14-16(2)3)24(19)22(26)18-11-9-17(4)10-12-18/h9-12,16,19-20H,5-8,13-15H2,1-4H3,(H,23,25)/t19-,20+/m1/s1. The Hall–Kier alpha value is -1.49. The maximum atomic E-state index is 13.2. The molecule has 0 saturated carbocycles. The van der Waals surface area contributed by atoms with Gasteiger partial charge in [-0.25, -0.2) is 0 Å². The number of nitrogens with zero attached hydrogens (tertiary/aromatic N) is 1. The molecule has 1 saturated heterocycles. The Labute approximate surface area is 168 Å². The van der Waals surface area contributed by atoms with Crippen molar-refractivity contribution in [2.45, 2.75) is 71.2 Å². The van der Waals surface area contributed by atoms with E-state index >= 15 is 0 Å². The fraction of sp³-hybridized carbons (Fsp3) is 0.636. The predicted molar refractivity (Wildman–Crippen MR) is 114 cm³/mol. The Morgan fingerprint density at radius 3 is 2.52 bits per heavy atom. The summed E-state index contributed by atoms with van der Waals surface area (Å²) in [6.45, 7) is 9.21. The minimum Gasteiger partial charge on any atom is -0.354 e. The zero-order chi connectivity index (χ0) is 19.8. The molecule has 1 aromatic rings. The van der Waals surface area contributed by atoms with Crippen LogP contribution < -0.4 is 5.32 Å². The Morgan fingerprint density at radius 2 is 1.89 bits per heavy atom. The highest BCUT2D eigenvalue weighted by Crippen LogP contribution is 2.34. The van der Waals surface area contributed by atoms with Crippen LogP contribution in [0.5, 0.6) is 0 Å². The summed E-state index contributed by atoms with van der Waals surface area (Å²) < 4.78 is 0. The van der Waals surface area contributed by atoms with E-state index < -0.39 is 0 Å². The van der Waals surface area contributed by atoms with Crippen LogP contribution in [0.4, 0.5) is 0 Å². The molecule has 1 heterocycles. The molecule has 2 atom stereocenters. The van der Waals surface area contributed by atoms with Crippen LogP contribution >= 0.6 is 11.8 Å². The lowest BCUT2D eigenvalue weighted by atomic mass is 10.1. The van der Waals surface area contributed by atoms with Gasteiger partial charge in [-0.1, -0.05) is 57.7 Å². The number of amides is 2. The van der Waals surface area contributed by atoms with E-state index in [1.807, 2.05) is 36.1 Å². The second-order valence-electron chi connectivity index (χ2n) is 7.86. The molecule has 1 aliphatic rings. The molecule has 0 spiro atoms. The van der Waals surface area contributed by atoms with Gasteiger partial charge in [-0.15, -0.1) is 11.8 Å². The third-order valence-corrected chi connectivity index (χ3v) is 6.24. The number of hydrogen-bond donors (Lipinski definition) is 1. The van der Waals surface area contributed by atoms with Gasteiger partial charge in [0.1, 0.15) is 6.04 Å². The van der Waals surface area contributed by atoms with Crippen LogP contribution in [0.2, 0.25) is 0 Å². The quantitative estimate of drug-likeness (QED) is 0.626. The molecule has 1 aliphatic heterocycles. The van der Waals surface area contributed by atoms with Crippen LogP contribution in [0.15, 0.2) is 24.3 Å². The van der Waals surface area contributed by atoms with Crippen LogP contribution in [-0.4, -0.2) is 40.4 Å². The van der Waals surface area contributed by atoms with E-state index in [1.54, 1.807) is 11.8 Å². The molecule has 0 aliphatic carbocycles. The molecule has 27 heavy (non-hydrogen) atoms. The van der Waals surface area contributed by atoms with Gasteiger partial charge in [-0.05, 0) is 37.8 Å². The monoisotopic (exact) mass is 390 g/mol. The highest BCUT2D eigenvalue weighted by Gasteiger charge is 2.41. The van der Waals surface area contributed by atoms with Gasteiger partial charge >= 0.3 is 0 Å². The largest absolute Gasteiger partial charge is 0.354 e. The summed E-state index contributed by atoms with van der Waals surface area (Å²) in [7, 11) is 0. The first-order chi connectivity index (χ1) is 12.9. The van der Waals surface area contributed by atoms with E-state index in [2.05, 4.69) is 26.1 Å². The van der Waals surface area contributed by atoms with Crippen molar-refractivity contribution >= 4 is 23.6 Å². The molecule has 2 amide bonds. The van der Waals surface area contributed by atoms with Gasteiger partial charge in [0, 0.05) is 17.9 Å². The Morgan fingerprint density at radius 1 is 1.19 bits per heavy atom. The van der Waals surface area contributed by atoms with Gasteiger partial charge in [0.05, 0.1) is 5.37 Å². The van der Waals surface area contributed by atoms with E-state index in [1.165, 1.54) is 12.8 Å². The smallest absolute Gasteiger partial charge is 0.255 e. The highest BCUT2D eigenvalue weighted by molar-refractivity contribution is 8.00. The number of nitrogens with one attached hydrogen (secondary N) is 1. The van der Waals surface area contributed by atoms with Crippen LogP contribution in [0.3, 0.4) is 0 Å². The van der Waals surface area contributed by atoms with Gasteiger partial charge in [-0.3, -0.25) is 9.59 Å².